The largest absolute Gasteiger partial charge is 0.373 e. The second-order valence-corrected chi connectivity index (χ2v) is 4.57. The molecule has 0 aliphatic carbocycles. The topological polar surface area (TPSA) is 47.0 Å². The number of hydrogen-bond donors (Lipinski definition) is 1. The fraction of sp³-hybridized carbons (Fsp3) is 0.692. The summed E-state index contributed by atoms with van der Waals surface area (Å²) in [4.78, 5) is 9.10. The van der Waals surface area contributed by atoms with Crippen molar-refractivity contribution in [3.8, 4) is 0 Å². The Balaban J connectivity index is 3.16. The van der Waals surface area contributed by atoms with Gasteiger partial charge >= 0.3 is 0 Å². The van der Waals surface area contributed by atoms with Gasteiger partial charge in [-0.2, -0.15) is 0 Å². The van der Waals surface area contributed by atoms with Crippen LogP contribution in [0.25, 0.3) is 0 Å². The third-order valence-corrected chi connectivity index (χ3v) is 2.86. The minimum absolute atomic E-state index is 0.0493. The number of hydrogen-bond acceptors (Lipinski definition) is 4. The van der Waals surface area contributed by atoms with Gasteiger partial charge in [-0.3, -0.25) is 0 Å². The van der Waals surface area contributed by atoms with Crippen molar-refractivity contribution >= 4 is 5.82 Å². The molecule has 4 heteroatoms. The molecule has 0 aliphatic rings. The number of methoxy groups -OCH3 is 1. The highest BCUT2D eigenvalue weighted by atomic mass is 16.5. The van der Waals surface area contributed by atoms with E-state index >= 15 is 0 Å². The number of nitrogens with one attached hydrogen (secondary N) is 1. The van der Waals surface area contributed by atoms with Crippen LogP contribution in [0.15, 0.2) is 0 Å². The Kier molecular flexibility index (Phi) is 4.87. The molecule has 0 spiro atoms. The molecule has 1 heterocycles. The highest BCUT2D eigenvalue weighted by molar-refractivity contribution is 5.45. The monoisotopic (exact) mass is 237 g/mol. The molecule has 4 nitrogen and oxygen atoms in total. The molecule has 1 N–H and O–H groups in total. The van der Waals surface area contributed by atoms with Crippen molar-refractivity contribution in [1.82, 2.24) is 9.97 Å². The minimum atomic E-state index is -0.0493. The number of nitrogens with zero attached hydrogens (tertiary/aromatic N) is 2. The Labute approximate surface area is 104 Å². The Hall–Kier alpha value is -1.16. The maximum Gasteiger partial charge on any atom is 0.159 e. The SMILES string of the molecule is CCNc1nc(C(OC)C(C)C)nc(C)c1C. The summed E-state index contributed by atoms with van der Waals surface area (Å²) in [6.45, 7) is 11.2. The molecule has 1 aromatic rings. The van der Waals surface area contributed by atoms with Crippen molar-refractivity contribution < 1.29 is 4.74 Å². The Morgan fingerprint density at radius 1 is 1.24 bits per heavy atom. The zero-order valence-electron chi connectivity index (χ0n) is 11.7. The summed E-state index contributed by atoms with van der Waals surface area (Å²) >= 11 is 0. The third kappa shape index (κ3) is 3.16. The van der Waals surface area contributed by atoms with E-state index in [1.54, 1.807) is 7.11 Å². The van der Waals surface area contributed by atoms with E-state index in [1.807, 2.05) is 13.8 Å². The molecule has 0 aliphatic heterocycles. The lowest BCUT2D eigenvalue weighted by molar-refractivity contribution is 0.0574. The van der Waals surface area contributed by atoms with Crippen molar-refractivity contribution in [2.45, 2.75) is 40.7 Å². The molecule has 96 valence electrons. The van der Waals surface area contributed by atoms with E-state index in [0.29, 0.717) is 5.92 Å². The number of ether oxygens (including phenoxy) is 1. The van der Waals surface area contributed by atoms with Gasteiger partial charge in [0.05, 0.1) is 0 Å². The first-order chi connectivity index (χ1) is 8.01. The lowest BCUT2D eigenvalue weighted by Gasteiger charge is -2.20. The van der Waals surface area contributed by atoms with E-state index in [2.05, 4.69) is 36.1 Å². The van der Waals surface area contributed by atoms with E-state index in [9.17, 15) is 0 Å². The third-order valence-electron chi connectivity index (χ3n) is 2.86. The van der Waals surface area contributed by atoms with Crippen molar-refractivity contribution in [3.63, 3.8) is 0 Å². The van der Waals surface area contributed by atoms with Crippen LogP contribution in [0.3, 0.4) is 0 Å². The van der Waals surface area contributed by atoms with Gasteiger partial charge in [-0.25, -0.2) is 9.97 Å². The van der Waals surface area contributed by atoms with Gasteiger partial charge in [-0.05, 0) is 26.7 Å². The van der Waals surface area contributed by atoms with Gasteiger partial charge in [0.25, 0.3) is 0 Å². The van der Waals surface area contributed by atoms with E-state index in [0.717, 1.165) is 29.4 Å². The minimum Gasteiger partial charge on any atom is -0.373 e. The van der Waals surface area contributed by atoms with E-state index in [4.69, 9.17) is 4.74 Å². The molecule has 1 atom stereocenters. The number of aryl methyl sites for hydroxylation is 1. The molecule has 1 unspecified atom stereocenters. The molecule has 0 saturated heterocycles. The number of aromatic nitrogens is 2. The zero-order chi connectivity index (χ0) is 13.0. The molecule has 0 saturated carbocycles. The summed E-state index contributed by atoms with van der Waals surface area (Å²) in [6.07, 6.45) is -0.0493. The summed E-state index contributed by atoms with van der Waals surface area (Å²) < 4.78 is 5.47. The molecular weight excluding hydrogens is 214 g/mol. The van der Waals surface area contributed by atoms with E-state index < -0.39 is 0 Å². The highest BCUT2D eigenvalue weighted by Crippen LogP contribution is 2.25. The summed E-state index contributed by atoms with van der Waals surface area (Å²) in [5.41, 5.74) is 2.11. The van der Waals surface area contributed by atoms with Crippen molar-refractivity contribution in [2.75, 3.05) is 19.0 Å². The van der Waals surface area contributed by atoms with E-state index in [-0.39, 0.29) is 6.10 Å². The smallest absolute Gasteiger partial charge is 0.159 e. The molecule has 0 fully saturated rings. The van der Waals surface area contributed by atoms with Crippen LogP contribution in [0.1, 0.15) is 44.0 Å². The lowest BCUT2D eigenvalue weighted by atomic mass is 10.1. The molecule has 1 aromatic heterocycles. The van der Waals surface area contributed by atoms with Gasteiger partial charge in [0, 0.05) is 24.9 Å². The standard InChI is InChI=1S/C13H23N3O/c1-7-14-12-9(4)10(5)15-13(16-12)11(17-6)8(2)3/h8,11H,7H2,1-6H3,(H,14,15,16). The predicted molar refractivity (Wildman–Crippen MR) is 70.3 cm³/mol. The van der Waals surface area contributed by atoms with Gasteiger partial charge in [0.2, 0.25) is 0 Å². The van der Waals surface area contributed by atoms with Crippen LogP contribution in [0.4, 0.5) is 5.82 Å². The molecular formula is C13H23N3O. The lowest BCUT2D eigenvalue weighted by Crippen LogP contribution is -2.16. The van der Waals surface area contributed by atoms with Crippen LogP contribution in [0.2, 0.25) is 0 Å². The Morgan fingerprint density at radius 3 is 2.35 bits per heavy atom. The normalized spacial score (nSPS) is 12.9. The fourth-order valence-corrected chi connectivity index (χ4v) is 1.79. The summed E-state index contributed by atoms with van der Waals surface area (Å²) in [5, 5.41) is 3.27. The first-order valence-electron chi connectivity index (χ1n) is 6.13. The Bertz CT molecular complexity index is 377. The molecule has 17 heavy (non-hydrogen) atoms. The van der Waals surface area contributed by atoms with Crippen molar-refractivity contribution in [3.05, 3.63) is 17.1 Å². The predicted octanol–water partition coefficient (Wildman–Crippen LogP) is 2.87. The number of anilines is 1. The Morgan fingerprint density at radius 2 is 1.88 bits per heavy atom. The van der Waals surface area contributed by atoms with Gasteiger partial charge in [0.1, 0.15) is 11.9 Å². The van der Waals surface area contributed by atoms with Gasteiger partial charge < -0.3 is 10.1 Å². The summed E-state index contributed by atoms with van der Waals surface area (Å²) in [7, 11) is 1.70. The van der Waals surface area contributed by atoms with Gasteiger partial charge in [-0.1, -0.05) is 13.8 Å². The van der Waals surface area contributed by atoms with Crippen LogP contribution in [-0.2, 0) is 4.74 Å². The maximum absolute atomic E-state index is 5.47. The van der Waals surface area contributed by atoms with Gasteiger partial charge in [-0.15, -0.1) is 0 Å². The fourth-order valence-electron chi connectivity index (χ4n) is 1.79. The van der Waals surface area contributed by atoms with Crippen LogP contribution in [-0.4, -0.2) is 23.6 Å². The molecule has 0 radical (unpaired) electrons. The summed E-state index contributed by atoms with van der Waals surface area (Å²) in [5.74, 6) is 2.04. The average Bonchev–Trinajstić information content (AvgIpc) is 2.26. The van der Waals surface area contributed by atoms with Gasteiger partial charge in [0.15, 0.2) is 5.82 Å². The average molecular weight is 237 g/mol. The molecule has 1 rings (SSSR count). The first-order valence-corrected chi connectivity index (χ1v) is 6.13. The van der Waals surface area contributed by atoms with Crippen LogP contribution < -0.4 is 5.32 Å². The highest BCUT2D eigenvalue weighted by Gasteiger charge is 2.20. The summed E-state index contributed by atoms with van der Waals surface area (Å²) in [6, 6.07) is 0. The maximum atomic E-state index is 5.47. The van der Waals surface area contributed by atoms with E-state index in [1.165, 1.54) is 0 Å². The first kappa shape index (κ1) is 13.9. The second-order valence-electron chi connectivity index (χ2n) is 4.57. The molecule has 0 amide bonds. The van der Waals surface area contributed by atoms with Crippen LogP contribution in [0.5, 0.6) is 0 Å². The molecule has 0 bridgehead atoms. The van der Waals surface area contributed by atoms with Crippen LogP contribution >= 0.6 is 0 Å². The quantitative estimate of drug-likeness (QED) is 0.855. The number of rotatable bonds is 5. The van der Waals surface area contributed by atoms with Crippen LogP contribution in [0, 0.1) is 19.8 Å². The second kappa shape index (κ2) is 5.96. The molecule has 0 aromatic carbocycles. The zero-order valence-corrected chi connectivity index (χ0v) is 11.7. The van der Waals surface area contributed by atoms with Crippen molar-refractivity contribution in [1.29, 1.82) is 0 Å². The van der Waals surface area contributed by atoms with Crippen molar-refractivity contribution in [2.24, 2.45) is 5.92 Å².